The van der Waals surface area contributed by atoms with Crippen molar-refractivity contribution in [1.29, 1.82) is 0 Å². The van der Waals surface area contributed by atoms with Gasteiger partial charge in [0.2, 0.25) is 0 Å². The summed E-state index contributed by atoms with van der Waals surface area (Å²) in [5.41, 5.74) is 1.85. The molecule has 0 amide bonds. The Balaban J connectivity index is 2.59. The highest BCUT2D eigenvalue weighted by molar-refractivity contribution is 8.13. The first-order valence-electron chi connectivity index (χ1n) is 4.86. The van der Waals surface area contributed by atoms with E-state index in [9.17, 15) is 8.42 Å². The minimum absolute atomic E-state index is 0.0947. The molecule has 0 saturated heterocycles. The van der Waals surface area contributed by atoms with Crippen LogP contribution in [0.25, 0.3) is 11.3 Å². The van der Waals surface area contributed by atoms with Crippen molar-refractivity contribution in [2.45, 2.75) is 18.7 Å². The Labute approximate surface area is 104 Å². The summed E-state index contributed by atoms with van der Waals surface area (Å²) in [4.78, 5) is 4.22. The van der Waals surface area contributed by atoms with Crippen molar-refractivity contribution in [1.82, 2.24) is 4.98 Å². The Morgan fingerprint density at radius 1 is 1.29 bits per heavy atom. The van der Waals surface area contributed by atoms with E-state index in [1.165, 1.54) is 12.3 Å². The predicted octanol–water partition coefficient (Wildman–Crippen LogP) is 2.89. The van der Waals surface area contributed by atoms with Crippen LogP contribution in [0.4, 0.5) is 0 Å². The highest BCUT2D eigenvalue weighted by Crippen LogP contribution is 2.26. The number of hydrogen-bond donors (Lipinski definition) is 0. The molecule has 0 aliphatic heterocycles. The zero-order chi connectivity index (χ0) is 12.6. The maximum Gasteiger partial charge on any atom is 0.261 e. The molecule has 2 aromatic rings. The normalized spacial score (nSPS) is 11.7. The molecule has 0 fully saturated rings. The van der Waals surface area contributed by atoms with Crippen molar-refractivity contribution >= 4 is 19.7 Å². The minimum Gasteiger partial charge on any atom is -0.449 e. The second-order valence-corrected chi connectivity index (χ2v) is 6.20. The van der Waals surface area contributed by atoms with Gasteiger partial charge in [0.1, 0.15) is 12.0 Å². The van der Waals surface area contributed by atoms with Gasteiger partial charge in [0.25, 0.3) is 9.05 Å². The van der Waals surface area contributed by atoms with Gasteiger partial charge in [-0.2, -0.15) is 0 Å². The van der Waals surface area contributed by atoms with Crippen molar-refractivity contribution in [3.05, 3.63) is 35.9 Å². The fraction of sp³-hybridized carbons (Fsp3) is 0.182. The molecule has 0 aliphatic carbocycles. The summed E-state index contributed by atoms with van der Waals surface area (Å²) in [6.07, 6.45) is 1.48. The Kier molecular flexibility index (Phi) is 2.97. The van der Waals surface area contributed by atoms with Gasteiger partial charge < -0.3 is 4.42 Å². The van der Waals surface area contributed by atoms with Gasteiger partial charge in [-0.25, -0.2) is 13.4 Å². The van der Waals surface area contributed by atoms with Crippen molar-refractivity contribution < 1.29 is 12.8 Å². The van der Waals surface area contributed by atoms with Gasteiger partial charge in [-0.15, -0.1) is 0 Å². The molecule has 4 nitrogen and oxygen atoms in total. The van der Waals surface area contributed by atoms with Crippen LogP contribution >= 0.6 is 10.7 Å². The van der Waals surface area contributed by atoms with Crippen molar-refractivity contribution in [3.63, 3.8) is 0 Å². The average molecular weight is 272 g/mol. The van der Waals surface area contributed by atoms with E-state index in [4.69, 9.17) is 15.1 Å². The van der Waals surface area contributed by atoms with Crippen LogP contribution in [0.3, 0.4) is 0 Å². The lowest BCUT2D eigenvalue weighted by molar-refractivity contribution is 0.521. The maximum atomic E-state index is 11.4. The van der Waals surface area contributed by atoms with Crippen molar-refractivity contribution in [3.8, 4) is 11.3 Å². The minimum atomic E-state index is -3.74. The van der Waals surface area contributed by atoms with Gasteiger partial charge in [-0.1, -0.05) is 12.1 Å². The van der Waals surface area contributed by atoms with Crippen LogP contribution < -0.4 is 0 Å². The molecular weight excluding hydrogens is 262 g/mol. The Bertz CT molecular complexity index is 661. The third-order valence-corrected chi connectivity index (χ3v) is 3.83. The molecule has 0 N–H and O–H groups in total. The largest absolute Gasteiger partial charge is 0.449 e. The molecule has 6 heteroatoms. The Morgan fingerprint density at radius 2 is 2.00 bits per heavy atom. The summed E-state index contributed by atoms with van der Waals surface area (Å²) < 4.78 is 27.8. The molecule has 0 unspecified atom stereocenters. The maximum absolute atomic E-state index is 11.4. The lowest BCUT2D eigenvalue weighted by Gasteiger charge is -2.03. The molecule has 1 heterocycles. The van der Waals surface area contributed by atoms with Crippen LogP contribution in [0.1, 0.15) is 11.5 Å². The van der Waals surface area contributed by atoms with E-state index >= 15 is 0 Å². The van der Waals surface area contributed by atoms with Crippen molar-refractivity contribution in [2.24, 2.45) is 0 Å². The smallest absolute Gasteiger partial charge is 0.261 e. The molecule has 0 saturated carbocycles. The van der Waals surface area contributed by atoms with Crippen LogP contribution in [0.15, 0.2) is 33.8 Å². The Morgan fingerprint density at radius 3 is 2.53 bits per heavy atom. The monoisotopic (exact) mass is 271 g/mol. The number of oxazole rings is 1. The SMILES string of the molecule is Cc1nc(-c2ccc(C)c(S(=O)(=O)Cl)c2)co1. The first-order valence-corrected chi connectivity index (χ1v) is 7.16. The topological polar surface area (TPSA) is 60.2 Å². The van der Waals surface area contributed by atoms with Gasteiger partial charge in [-0.05, 0) is 18.6 Å². The third-order valence-electron chi connectivity index (χ3n) is 2.37. The van der Waals surface area contributed by atoms with E-state index in [1.807, 2.05) is 0 Å². The molecule has 0 bridgehead atoms. The molecule has 90 valence electrons. The summed E-state index contributed by atoms with van der Waals surface area (Å²) >= 11 is 0. The number of halogens is 1. The van der Waals surface area contributed by atoms with E-state index in [-0.39, 0.29) is 4.90 Å². The molecule has 0 atom stereocenters. The predicted molar refractivity (Wildman–Crippen MR) is 64.5 cm³/mol. The number of rotatable bonds is 2. The van der Waals surface area contributed by atoms with Crippen LogP contribution in [-0.2, 0) is 9.05 Å². The summed E-state index contributed by atoms with van der Waals surface area (Å²) in [6, 6.07) is 4.96. The quantitative estimate of drug-likeness (QED) is 0.788. The van der Waals surface area contributed by atoms with Crippen LogP contribution in [0.2, 0.25) is 0 Å². The number of aryl methyl sites for hydroxylation is 2. The number of nitrogens with zero attached hydrogens (tertiary/aromatic N) is 1. The van der Waals surface area contributed by atoms with Gasteiger partial charge >= 0.3 is 0 Å². The number of benzene rings is 1. The Hall–Kier alpha value is -1.33. The second-order valence-electron chi connectivity index (χ2n) is 3.67. The lowest BCUT2D eigenvalue weighted by atomic mass is 10.1. The van der Waals surface area contributed by atoms with Crippen LogP contribution in [0, 0.1) is 13.8 Å². The summed E-state index contributed by atoms with van der Waals surface area (Å²) in [5, 5.41) is 0. The first kappa shape index (κ1) is 12.1. The van der Waals surface area contributed by atoms with Gasteiger partial charge in [0.05, 0.1) is 4.90 Å². The average Bonchev–Trinajstić information content (AvgIpc) is 2.64. The molecule has 0 aliphatic rings. The first-order chi connectivity index (χ1) is 7.88. The molecule has 0 radical (unpaired) electrons. The van der Waals surface area contributed by atoms with E-state index in [2.05, 4.69) is 4.98 Å². The number of hydrogen-bond acceptors (Lipinski definition) is 4. The lowest BCUT2D eigenvalue weighted by Crippen LogP contribution is -1.95. The fourth-order valence-electron chi connectivity index (χ4n) is 1.52. The van der Waals surface area contributed by atoms with Crippen molar-refractivity contribution in [2.75, 3.05) is 0 Å². The highest BCUT2D eigenvalue weighted by atomic mass is 35.7. The molecule has 1 aromatic heterocycles. The molecule has 2 rings (SSSR count). The van der Waals surface area contributed by atoms with Crippen LogP contribution in [0.5, 0.6) is 0 Å². The third kappa shape index (κ3) is 2.50. The van der Waals surface area contributed by atoms with E-state index in [0.717, 1.165) is 0 Å². The molecule has 0 spiro atoms. The molecule has 1 aromatic carbocycles. The van der Waals surface area contributed by atoms with E-state index in [0.29, 0.717) is 22.7 Å². The second kappa shape index (κ2) is 4.16. The van der Waals surface area contributed by atoms with Gasteiger partial charge in [-0.3, -0.25) is 0 Å². The highest BCUT2D eigenvalue weighted by Gasteiger charge is 2.15. The van der Waals surface area contributed by atoms with Gasteiger partial charge in [0, 0.05) is 23.2 Å². The number of aromatic nitrogens is 1. The van der Waals surface area contributed by atoms with Crippen LogP contribution in [-0.4, -0.2) is 13.4 Å². The zero-order valence-corrected chi connectivity index (χ0v) is 10.8. The fourth-order valence-corrected chi connectivity index (χ4v) is 2.74. The van der Waals surface area contributed by atoms with E-state index < -0.39 is 9.05 Å². The summed E-state index contributed by atoms with van der Waals surface area (Å²) in [5.74, 6) is 0.524. The summed E-state index contributed by atoms with van der Waals surface area (Å²) in [6.45, 7) is 3.41. The molecule has 17 heavy (non-hydrogen) atoms. The van der Waals surface area contributed by atoms with E-state index in [1.54, 1.807) is 26.0 Å². The van der Waals surface area contributed by atoms with Gasteiger partial charge in [0.15, 0.2) is 5.89 Å². The standard InChI is InChI=1S/C11H10ClNO3S/c1-7-3-4-9(5-11(7)17(12,14)15)10-6-16-8(2)13-10/h3-6H,1-2H3. The summed E-state index contributed by atoms with van der Waals surface area (Å²) in [7, 11) is 1.61. The molecular formula is C11H10ClNO3S. The zero-order valence-electron chi connectivity index (χ0n) is 9.27.